The highest BCUT2D eigenvalue weighted by atomic mass is 16.4. The van der Waals surface area contributed by atoms with Crippen LogP contribution in [-0.2, 0) is 17.8 Å². The van der Waals surface area contributed by atoms with Crippen molar-refractivity contribution in [2.24, 2.45) is 0 Å². The molecule has 2 rings (SSSR count). The molecule has 0 aliphatic carbocycles. The van der Waals surface area contributed by atoms with E-state index in [0.29, 0.717) is 11.3 Å². The number of allylic oxidation sites excluding steroid dienone is 1. The third kappa shape index (κ3) is 4.08. The standard InChI is InChI=1S/C18H16N4O2/c1-2-13-3-5-15(6-4-13)18-16(9-14(10-19)11-20)12-22(21-18)8-7-17(23)24/h3-6,9,12H,2,7-8H2,1H3,(H,23,24). The molecular weight excluding hydrogens is 304 g/mol. The molecular formula is C18H16N4O2. The number of aliphatic carboxylic acids is 1. The van der Waals surface area contributed by atoms with Gasteiger partial charge >= 0.3 is 5.97 Å². The summed E-state index contributed by atoms with van der Waals surface area (Å²) in [5, 5.41) is 31.1. The van der Waals surface area contributed by atoms with Crippen molar-refractivity contribution in [2.75, 3.05) is 0 Å². The normalized spacial score (nSPS) is 9.79. The smallest absolute Gasteiger partial charge is 0.305 e. The van der Waals surface area contributed by atoms with Gasteiger partial charge in [-0.2, -0.15) is 15.6 Å². The fraction of sp³-hybridized carbons (Fsp3) is 0.222. The van der Waals surface area contributed by atoms with Crippen molar-refractivity contribution in [3.63, 3.8) is 0 Å². The molecule has 1 N–H and O–H groups in total. The second kappa shape index (κ2) is 7.75. The van der Waals surface area contributed by atoms with Crippen LogP contribution < -0.4 is 0 Å². The van der Waals surface area contributed by atoms with Crippen LogP contribution in [0, 0.1) is 22.7 Å². The summed E-state index contributed by atoms with van der Waals surface area (Å²) in [5.74, 6) is -0.911. The first-order valence-corrected chi connectivity index (χ1v) is 7.47. The van der Waals surface area contributed by atoms with Crippen LogP contribution in [0.1, 0.15) is 24.5 Å². The Kier molecular flexibility index (Phi) is 5.49. The largest absolute Gasteiger partial charge is 0.481 e. The Morgan fingerprint density at radius 2 is 1.96 bits per heavy atom. The number of carboxylic acid groups (broad SMARTS) is 1. The molecule has 6 heteroatoms. The molecule has 2 aromatic rings. The molecule has 0 saturated carbocycles. The van der Waals surface area contributed by atoms with Crippen LogP contribution in [0.25, 0.3) is 17.3 Å². The molecule has 0 atom stereocenters. The lowest BCUT2D eigenvalue weighted by atomic mass is 10.0. The maximum atomic E-state index is 10.7. The minimum atomic E-state index is -0.911. The summed E-state index contributed by atoms with van der Waals surface area (Å²) in [6.07, 6.45) is 3.99. The zero-order valence-corrected chi connectivity index (χ0v) is 13.2. The van der Waals surface area contributed by atoms with Crippen LogP contribution in [-0.4, -0.2) is 20.9 Å². The minimum Gasteiger partial charge on any atom is -0.481 e. The van der Waals surface area contributed by atoms with Gasteiger partial charge < -0.3 is 5.11 Å². The van der Waals surface area contributed by atoms with Gasteiger partial charge in [0.25, 0.3) is 0 Å². The number of nitrogens with zero attached hydrogens (tertiary/aromatic N) is 4. The second-order valence-corrected chi connectivity index (χ2v) is 5.17. The number of nitriles is 2. The summed E-state index contributed by atoms with van der Waals surface area (Å²) in [5.41, 5.74) is 3.24. The SMILES string of the molecule is CCc1ccc(-c2nn(CCC(=O)O)cc2C=C(C#N)C#N)cc1. The molecule has 1 heterocycles. The summed E-state index contributed by atoms with van der Waals surface area (Å²) in [6.45, 7) is 2.29. The van der Waals surface area contributed by atoms with Gasteiger partial charge in [-0.05, 0) is 18.1 Å². The van der Waals surface area contributed by atoms with Gasteiger partial charge in [0, 0.05) is 17.3 Å². The average Bonchev–Trinajstić information content (AvgIpc) is 3.00. The van der Waals surface area contributed by atoms with Crippen LogP contribution >= 0.6 is 0 Å². The molecule has 0 aliphatic rings. The van der Waals surface area contributed by atoms with Crippen molar-refractivity contribution >= 4 is 12.0 Å². The minimum absolute atomic E-state index is 0.0285. The summed E-state index contributed by atoms with van der Waals surface area (Å²) < 4.78 is 1.52. The Morgan fingerprint density at radius 3 is 2.50 bits per heavy atom. The van der Waals surface area contributed by atoms with Gasteiger partial charge in [0.15, 0.2) is 0 Å². The predicted octanol–water partition coefficient (Wildman–Crippen LogP) is 3.02. The zero-order valence-electron chi connectivity index (χ0n) is 13.2. The number of aromatic nitrogens is 2. The molecule has 0 fully saturated rings. The van der Waals surface area contributed by atoms with E-state index < -0.39 is 5.97 Å². The Balaban J connectivity index is 2.46. The number of rotatable bonds is 6. The van der Waals surface area contributed by atoms with E-state index in [1.54, 1.807) is 6.20 Å². The monoisotopic (exact) mass is 320 g/mol. The molecule has 0 amide bonds. The van der Waals surface area contributed by atoms with Crippen LogP contribution in [0.5, 0.6) is 0 Å². The molecule has 120 valence electrons. The Hall–Kier alpha value is -3.38. The maximum Gasteiger partial charge on any atom is 0.305 e. The van der Waals surface area contributed by atoms with Crippen LogP contribution in [0.3, 0.4) is 0 Å². The van der Waals surface area contributed by atoms with Gasteiger partial charge in [-0.1, -0.05) is 31.2 Å². The van der Waals surface area contributed by atoms with E-state index in [2.05, 4.69) is 12.0 Å². The highest BCUT2D eigenvalue weighted by Crippen LogP contribution is 2.25. The molecule has 24 heavy (non-hydrogen) atoms. The third-order valence-corrected chi connectivity index (χ3v) is 3.52. The molecule has 0 unspecified atom stereocenters. The first kappa shape index (κ1) is 17.0. The first-order valence-electron chi connectivity index (χ1n) is 7.47. The highest BCUT2D eigenvalue weighted by molar-refractivity contribution is 5.75. The van der Waals surface area contributed by atoms with Crippen molar-refractivity contribution in [1.29, 1.82) is 10.5 Å². The Morgan fingerprint density at radius 1 is 1.29 bits per heavy atom. The van der Waals surface area contributed by atoms with E-state index in [1.807, 2.05) is 36.4 Å². The van der Waals surface area contributed by atoms with Crippen molar-refractivity contribution < 1.29 is 9.90 Å². The number of hydrogen-bond donors (Lipinski definition) is 1. The van der Waals surface area contributed by atoms with E-state index >= 15 is 0 Å². The first-order chi connectivity index (χ1) is 11.6. The third-order valence-electron chi connectivity index (χ3n) is 3.52. The molecule has 0 aliphatic heterocycles. The molecule has 0 saturated heterocycles. The number of aryl methyl sites for hydroxylation is 2. The summed E-state index contributed by atoms with van der Waals surface area (Å²) >= 11 is 0. The topological polar surface area (TPSA) is 103 Å². The molecule has 1 aromatic heterocycles. The van der Waals surface area contributed by atoms with Crippen molar-refractivity contribution in [1.82, 2.24) is 9.78 Å². The number of hydrogen-bond acceptors (Lipinski definition) is 4. The van der Waals surface area contributed by atoms with Gasteiger partial charge in [-0.3, -0.25) is 9.48 Å². The predicted molar refractivity (Wildman–Crippen MR) is 88.5 cm³/mol. The lowest BCUT2D eigenvalue weighted by Crippen LogP contribution is -2.04. The summed E-state index contributed by atoms with van der Waals surface area (Å²) in [4.78, 5) is 10.7. The molecule has 0 bridgehead atoms. The highest BCUT2D eigenvalue weighted by Gasteiger charge is 2.11. The van der Waals surface area contributed by atoms with Crippen molar-refractivity contribution in [2.45, 2.75) is 26.3 Å². The lowest BCUT2D eigenvalue weighted by molar-refractivity contribution is -0.137. The average molecular weight is 320 g/mol. The molecule has 1 aromatic carbocycles. The van der Waals surface area contributed by atoms with E-state index in [-0.39, 0.29) is 18.5 Å². The zero-order chi connectivity index (χ0) is 17.5. The van der Waals surface area contributed by atoms with Gasteiger partial charge in [0.05, 0.1) is 18.7 Å². The summed E-state index contributed by atoms with van der Waals surface area (Å²) in [6, 6.07) is 11.5. The molecule has 0 spiro atoms. The van der Waals surface area contributed by atoms with Gasteiger partial charge in [0.1, 0.15) is 17.7 Å². The number of carboxylic acids is 1. The number of carbonyl (C=O) groups is 1. The van der Waals surface area contributed by atoms with Gasteiger partial charge in [0.2, 0.25) is 0 Å². The van der Waals surface area contributed by atoms with E-state index in [0.717, 1.165) is 12.0 Å². The van der Waals surface area contributed by atoms with E-state index in [1.165, 1.54) is 16.3 Å². The van der Waals surface area contributed by atoms with Crippen molar-refractivity contribution in [3.05, 3.63) is 47.2 Å². The quantitative estimate of drug-likeness (QED) is 0.824. The molecule has 6 nitrogen and oxygen atoms in total. The maximum absolute atomic E-state index is 10.7. The second-order valence-electron chi connectivity index (χ2n) is 5.17. The van der Waals surface area contributed by atoms with E-state index in [4.69, 9.17) is 15.6 Å². The summed E-state index contributed by atoms with van der Waals surface area (Å²) in [7, 11) is 0. The van der Waals surface area contributed by atoms with Crippen LogP contribution in [0.2, 0.25) is 0 Å². The lowest BCUT2D eigenvalue weighted by Gasteiger charge is -2.01. The molecule has 0 radical (unpaired) electrons. The van der Waals surface area contributed by atoms with Crippen LogP contribution in [0.4, 0.5) is 0 Å². The van der Waals surface area contributed by atoms with E-state index in [9.17, 15) is 4.79 Å². The van der Waals surface area contributed by atoms with Gasteiger partial charge in [-0.25, -0.2) is 0 Å². The van der Waals surface area contributed by atoms with Crippen molar-refractivity contribution in [3.8, 4) is 23.4 Å². The Bertz CT molecular complexity index is 833. The Labute approximate surface area is 139 Å². The van der Waals surface area contributed by atoms with Crippen LogP contribution in [0.15, 0.2) is 36.0 Å². The fourth-order valence-corrected chi connectivity index (χ4v) is 2.23. The van der Waals surface area contributed by atoms with Gasteiger partial charge in [-0.15, -0.1) is 0 Å². The fourth-order valence-electron chi connectivity index (χ4n) is 2.23. The number of benzene rings is 1.